The van der Waals surface area contributed by atoms with Crippen molar-refractivity contribution in [1.82, 2.24) is 9.71 Å². The summed E-state index contributed by atoms with van der Waals surface area (Å²) < 4.78 is 27.5. The van der Waals surface area contributed by atoms with Crippen LogP contribution in [0.25, 0.3) is 0 Å². The standard InChI is InChI=1S/C14H15BrN2O2S/c1-11(12-5-3-2-4-6-12)8-17-20(18,19)14-7-13(15)9-16-10-14/h2-7,9-11,17H,8H2,1H3. The highest BCUT2D eigenvalue weighted by atomic mass is 79.9. The summed E-state index contributed by atoms with van der Waals surface area (Å²) >= 11 is 3.22. The predicted octanol–water partition coefficient (Wildman–Crippen LogP) is 2.93. The molecule has 0 bridgehead atoms. The van der Waals surface area contributed by atoms with Crippen LogP contribution in [0.3, 0.4) is 0 Å². The third-order valence-corrected chi connectivity index (χ3v) is 4.76. The maximum absolute atomic E-state index is 12.1. The van der Waals surface area contributed by atoms with Crippen LogP contribution in [-0.4, -0.2) is 19.9 Å². The zero-order chi connectivity index (χ0) is 14.6. The van der Waals surface area contributed by atoms with Crippen molar-refractivity contribution in [1.29, 1.82) is 0 Å². The van der Waals surface area contributed by atoms with Crippen molar-refractivity contribution in [2.24, 2.45) is 0 Å². The lowest BCUT2D eigenvalue weighted by Gasteiger charge is -2.13. The molecular weight excluding hydrogens is 340 g/mol. The summed E-state index contributed by atoms with van der Waals surface area (Å²) in [6.07, 6.45) is 2.88. The van der Waals surface area contributed by atoms with Gasteiger partial charge in [-0.05, 0) is 33.5 Å². The van der Waals surface area contributed by atoms with E-state index in [-0.39, 0.29) is 10.8 Å². The molecule has 1 aromatic heterocycles. The molecule has 20 heavy (non-hydrogen) atoms. The van der Waals surface area contributed by atoms with Gasteiger partial charge in [-0.15, -0.1) is 0 Å². The van der Waals surface area contributed by atoms with Crippen LogP contribution in [-0.2, 0) is 10.0 Å². The second-order valence-corrected chi connectivity index (χ2v) is 7.19. The third kappa shape index (κ3) is 3.88. The summed E-state index contributed by atoms with van der Waals surface area (Å²) in [5.41, 5.74) is 1.10. The Kier molecular flexibility index (Phi) is 4.91. The number of benzene rings is 1. The highest BCUT2D eigenvalue weighted by Gasteiger charge is 2.16. The number of pyridine rings is 1. The molecule has 1 atom stereocenters. The highest BCUT2D eigenvalue weighted by Crippen LogP contribution is 2.16. The molecule has 0 aliphatic carbocycles. The zero-order valence-corrected chi connectivity index (χ0v) is 13.4. The zero-order valence-electron chi connectivity index (χ0n) is 11.0. The second kappa shape index (κ2) is 6.47. The molecule has 0 aliphatic rings. The summed E-state index contributed by atoms with van der Waals surface area (Å²) in [6.45, 7) is 2.33. The first-order chi connectivity index (χ1) is 9.49. The lowest BCUT2D eigenvalue weighted by atomic mass is 10.0. The summed E-state index contributed by atoms with van der Waals surface area (Å²) in [6, 6.07) is 11.3. The van der Waals surface area contributed by atoms with Crippen LogP contribution in [0.5, 0.6) is 0 Å². The Morgan fingerprint density at radius 1 is 1.25 bits per heavy atom. The van der Waals surface area contributed by atoms with Gasteiger partial charge in [0.2, 0.25) is 10.0 Å². The number of aromatic nitrogens is 1. The fourth-order valence-electron chi connectivity index (χ4n) is 1.76. The Labute approximate surface area is 127 Å². The van der Waals surface area contributed by atoms with Gasteiger partial charge in [-0.25, -0.2) is 13.1 Å². The molecular formula is C14H15BrN2O2S. The molecule has 1 N–H and O–H groups in total. The van der Waals surface area contributed by atoms with E-state index in [9.17, 15) is 8.42 Å². The van der Waals surface area contributed by atoms with Crippen LogP contribution >= 0.6 is 15.9 Å². The van der Waals surface area contributed by atoms with Crippen LogP contribution in [0.1, 0.15) is 18.4 Å². The van der Waals surface area contributed by atoms with E-state index in [4.69, 9.17) is 0 Å². The first-order valence-corrected chi connectivity index (χ1v) is 8.42. The normalized spacial score (nSPS) is 13.1. The number of halogens is 1. The maximum Gasteiger partial charge on any atom is 0.242 e. The summed E-state index contributed by atoms with van der Waals surface area (Å²) in [7, 11) is -3.53. The molecule has 0 saturated carbocycles. The molecule has 0 radical (unpaired) electrons. The van der Waals surface area contributed by atoms with Crippen molar-refractivity contribution in [3.05, 3.63) is 58.8 Å². The second-order valence-electron chi connectivity index (χ2n) is 4.50. The van der Waals surface area contributed by atoms with Gasteiger partial charge in [0.1, 0.15) is 4.90 Å². The van der Waals surface area contributed by atoms with Crippen molar-refractivity contribution >= 4 is 26.0 Å². The van der Waals surface area contributed by atoms with Crippen LogP contribution in [0.4, 0.5) is 0 Å². The molecule has 0 saturated heterocycles. The predicted molar refractivity (Wildman–Crippen MR) is 82.0 cm³/mol. The Bertz CT molecular complexity index is 675. The topological polar surface area (TPSA) is 59.1 Å². The smallest absolute Gasteiger partial charge is 0.242 e. The van der Waals surface area contributed by atoms with Crippen LogP contribution in [0.15, 0.2) is 58.2 Å². The summed E-state index contributed by atoms with van der Waals surface area (Å²) in [5, 5.41) is 0. The molecule has 2 rings (SSSR count). The molecule has 0 amide bonds. The number of nitrogens with one attached hydrogen (secondary N) is 1. The number of rotatable bonds is 5. The van der Waals surface area contributed by atoms with E-state index in [1.807, 2.05) is 37.3 Å². The largest absolute Gasteiger partial charge is 0.262 e. The van der Waals surface area contributed by atoms with Crippen molar-refractivity contribution in [2.75, 3.05) is 6.54 Å². The van der Waals surface area contributed by atoms with Gasteiger partial charge in [-0.2, -0.15) is 0 Å². The molecule has 0 spiro atoms. The van der Waals surface area contributed by atoms with E-state index in [1.54, 1.807) is 6.20 Å². The van der Waals surface area contributed by atoms with Crippen molar-refractivity contribution < 1.29 is 8.42 Å². The molecule has 1 unspecified atom stereocenters. The van der Waals surface area contributed by atoms with Gasteiger partial charge in [-0.3, -0.25) is 4.98 Å². The van der Waals surface area contributed by atoms with Gasteiger partial charge in [0.25, 0.3) is 0 Å². The molecule has 1 heterocycles. The molecule has 6 heteroatoms. The Morgan fingerprint density at radius 3 is 2.60 bits per heavy atom. The minimum Gasteiger partial charge on any atom is -0.262 e. The van der Waals surface area contributed by atoms with Crippen LogP contribution in [0.2, 0.25) is 0 Å². The highest BCUT2D eigenvalue weighted by molar-refractivity contribution is 9.10. The van der Waals surface area contributed by atoms with E-state index >= 15 is 0 Å². The van der Waals surface area contributed by atoms with Crippen molar-refractivity contribution in [3.63, 3.8) is 0 Å². The lowest BCUT2D eigenvalue weighted by Crippen LogP contribution is -2.27. The molecule has 2 aromatic rings. The van der Waals surface area contributed by atoms with E-state index in [0.29, 0.717) is 11.0 Å². The van der Waals surface area contributed by atoms with Crippen LogP contribution in [0, 0.1) is 0 Å². The molecule has 4 nitrogen and oxygen atoms in total. The van der Waals surface area contributed by atoms with Gasteiger partial charge in [0.15, 0.2) is 0 Å². The van der Waals surface area contributed by atoms with Gasteiger partial charge >= 0.3 is 0 Å². The first-order valence-electron chi connectivity index (χ1n) is 6.14. The minimum atomic E-state index is -3.53. The van der Waals surface area contributed by atoms with Crippen molar-refractivity contribution in [3.8, 4) is 0 Å². The average molecular weight is 355 g/mol. The Hall–Kier alpha value is -1.24. The quantitative estimate of drug-likeness (QED) is 0.897. The van der Waals surface area contributed by atoms with Gasteiger partial charge in [-0.1, -0.05) is 37.3 Å². The average Bonchev–Trinajstić information content (AvgIpc) is 2.46. The van der Waals surface area contributed by atoms with Gasteiger partial charge in [0, 0.05) is 23.4 Å². The molecule has 0 fully saturated rings. The SMILES string of the molecule is CC(CNS(=O)(=O)c1cncc(Br)c1)c1ccccc1. The van der Waals surface area contributed by atoms with E-state index < -0.39 is 10.0 Å². The Morgan fingerprint density at radius 2 is 1.95 bits per heavy atom. The number of sulfonamides is 1. The Balaban J connectivity index is 2.07. The molecule has 1 aromatic carbocycles. The van der Waals surface area contributed by atoms with Gasteiger partial charge in [0.05, 0.1) is 0 Å². The summed E-state index contributed by atoms with van der Waals surface area (Å²) in [5.74, 6) is 0.103. The number of hydrogen-bond donors (Lipinski definition) is 1. The summed E-state index contributed by atoms with van der Waals surface area (Å²) in [4.78, 5) is 4.03. The number of hydrogen-bond acceptors (Lipinski definition) is 3. The number of nitrogens with zero attached hydrogens (tertiary/aromatic N) is 1. The maximum atomic E-state index is 12.1. The first kappa shape index (κ1) is 15.2. The van der Waals surface area contributed by atoms with Gasteiger partial charge < -0.3 is 0 Å². The fraction of sp³-hybridized carbons (Fsp3) is 0.214. The fourth-order valence-corrected chi connectivity index (χ4v) is 3.39. The van der Waals surface area contributed by atoms with Crippen LogP contribution < -0.4 is 4.72 Å². The molecule has 106 valence electrons. The minimum absolute atomic E-state index is 0.103. The van der Waals surface area contributed by atoms with E-state index in [2.05, 4.69) is 25.6 Å². The monoisotopic (exact) mass is 354 g/mol. The third-order valence-electron chi connectivity index (χ3n) is 2.94. The lowest BCUT2D eigenvalue weighted by molar-refractivity contribution is 0.574. The van der Waals surface area contributed by atoms with E-state index in [1.165, 1.54) is 12.3 Å². The van der Waals surface area contributed by atoms with Crippen molar-refractivity contribution in [2.45, 2.75) is 17.7 Å². The molecule has 0 aliphatic heterocycles. The van der Waals surface area contributed by atoms with E-state index in [0.717, 1.165) is 5.56 Å².